The third-order valence-corrected chi connectivity index (χ3v) is 8.05. The van der Waals surface area contributed by atoms with Crippen molar-refractivity contribution in [2.75, 3.05) is 37.6 Å². The Labute approximate surface area is 211 Å². The fourth-order valence-electron chi connectivity index (χ4n) is 5.11. The number of rotatable bonds is 3. The molecule has 0 aromatic carbocycles. The molecule has 12 heteroatoms. The van der Waals surface area contributed by atoms with Crippen LogP contribution >= 0.6 is 11.3 Å². The highest BCUT2D eigenvalue weighted by atomic mass is 32.1. The Bertz CT molecular complexity index is 1170. The highest BCUT2D eigenvalue weighted by Crippen LogP contribution is 2.55. The molecule has 2 aliphatic heterocycles. The molecule has 0 radical (unpaired) electrons. The van der Waals surface area contributed by atoms with Gasteiger partial charge in [-0.15, -0.1) is 11.3 Å². The number of ether oxygens (including phenoxy) is 1. The number of hydrogen-bond donors (Lipinski definition) is 0. The van der Waals surface area contributed by atoms with E-state index >= 15 is 0 Å². The summed E-state index contributed by atoms with van der Waals surface area (Å²) in [5.41, 5.74) is -0.598. The second-order valence-corrected chi connectivity index (χ2v) is 12.2. The number of alkyl halides is 3. The van der Waals surface area contributed by atoms with Crippen molar-refractivity contribution in [1.29, 1.82) is 0 Å². The van der Waals surface area contributed by atoms with Gasteiger partial charge in [-0.2, -0.15) is 13.2 Å². The molecule has 3 fully saturated rings. The number of thiophene rings is 1. The van der Waals surface area contributed by atoms with Crippen LogP contribution in [-0.2, 0) is 16.0 Å². The van der Waals surface area contributed by atoms with E-state index in [2.05, 4.69) is 9.97 Å². The molecule has 2 amide bonds. The van der Waals surface area contributed by atoms with Gasteiger partial charge in [0.2, 0.25) is 5.91 Å². The number of piperazine rings is 1. The number of amides is 2. The van der Waals surface area contributed by atoms with Crippen molar-refractivity contribution < 1.29 is 27.5 Å². The lowest BCUT2D eigenvalue weighted by molar-refractivity contribution is -0.136. The van der Waals surface area contributed by atoms with E-state index in [1.54, 1.807) is 9.80 Å². The number of aromatic nitrogens is 2. The summed E-state index contributed by atoms with van der Waals surface area (Å²) in [6.45, 7) is 7.86. The van der Waals surface area contributed by atoms with Gasteiger partial charge in [-0.3, -0.25) is 9.69 Å². The fourth-order valence-corrected chi connectivity index (χ4v) is 6.13. The molecule has 0 N–H and O–H groups in total. The predicted octanol–water partition coefficient (Wildman–Crippen LogP) is 4.23. The van der Waals surface area contributed by atoms with Crippen molar-refractivity contribution in [2.24, 2.45) is 5.41 Å². The second kappa shape index (κ2) is 8.74. The standard InChI is InChI=1S/C24H30F3N5O3S/c1-22(2,3)35-21(34)32-13-23(4-5-23)12-17(32)20(33)31-8-6-30(7-9-31)18-16-10-15(11-24(25,26)27)36-19(16)29-14-28-18/h10,14,17H,4-9,11-13H2,1-3H3/t17-/m1/s1. The lowest BCUT2D eigenvalue weighted by atomic mass is 10.0. The number of fused-ring (bicyclic) bond motifs is 1. The minimum Gasteiger partial charge on any atom is -0.444 e. The monoisotopic (exact) mass is 525 g/mol. The Morgan fingerprint density at radius 2 is 1.83 bits per heavy atom. The number of anilines is 1. The molecule has 0 unspecified atom stereocenters. The lowest BCUT2D eigenvalue weighted by Crippen LogP contribution is -2.55. The van der Waals surface area contributed by atoms with Crippen molar-refractivity contribution in [2.45, 2.75) is 64.3 Å². The summed E-state index contributed by atoms with van der Waals surface area (Å²) in [5.74, 6) is 0.519. The average molecular weight is 526 g/mol. The number of nitrogens with zero attached hydrogens (tertiary/aromatic N) is 5. The first-order valence-corrected chi connectivity index (χ1v) is 13.0. The molecule has 3 aliphatic rings. The summed E-state index contributed by atoms with van der Waals surface area (Å²) in [4.78, 5) is 41.0. The molecule has 2 aromatic heterocycles. The molecule has 196 valence electrons. The van der Waals surface area contributed by atoms with Crippen LogP contribution in [0.25, 0.3) is 10.2 Å². The van der Waals surface area contributed by atoms with E-state index in [0.717, 1.165) is 24.2 Å². The molecular formula is C24H30F3N5O3S. The normalized spacial score (nSPS) is 21.9. The Morgan fingerprint density at radius 3 is 2.44 bits per heavy atom. The van der Waals surface area contributed by atoms with Gasteiger partial charge < -0.3 is 14.5 Å². The summed E-state index contributed by atoms with van der Waals surface area (Å²) in [7, 11) is 0. The van der Waals surface area contributed by atoms with Gasteiger partial charge in [-0.25, -0.2) is 14.8 Å². The van der Waals surface area contributed by atoms with Crippen molar-refractivity contribution in [3.8, 4) is 0 Å². The molecule has 5 rings (SSSR count). The highest BCUT2D eigenvalue weighted by molar-refractivity contribution is 7.18. The maximum absolute atomic E-state index is 13.5. The summed E-state index contributed by atoms with van der Waals surface area (Å²) < 4.78 is 44.2. The van der Waals surface area contributed by atoms with E-state index in [4.69, 9.17) is 4.74 Å². The van der Waals surface area contributed by atoms with Crippen molar-refractivity contribution >= 4 is 39.4 Å². The van der Waals surface area contributed by atoms with Gasteiger partial charge in [0.05, 0.1) is 11.8 Å². The first-order chi connectivity index (χ1) is 16.8. The molecule has 2 saturated heterocycles. The zero-order valence-corrected chi connectivity index (χ0v) is 21.4. The van der Waals surface area contributed by atoms with E-state index in [9.17, 15) is 22.8 Å². The van der Waals surface area contributed by atoms with Crippen LogP contribution in [0.4, 0.5) is 23.8 Å². The fraction of sp³-hybridized carbons (Fsp3) is 0.667. The second-order valence-electron chi connectivity index (χ2n) is 11.1. The maximum atomic E-state index is 13.5. The number of carbonyl (C=O) groups excluding carboxylic acids is 2. The predicted molar refractivity (Wildman–Crippen MR) is 129 cm³/mol. The highest BCUT2D eigenvalue weighted by Gasteiger charge is 2.56. The molecule has 1 saturated carbocycles. The van der Waals surface area contributed by atoms with Crippen LogP contribution in [0.1, 0.15) is 44.9 Å². The minimum absolute atomic E-state index is 0.0404. The molecule has 36 heavy (non-hydrogen) atoms. The minimum atomic E-state index is -4.28. The van der Waals surface area contributed by atoms with E-state index in [-0.39, 0.29) is 16.2 Å². The van der Waals surface area contributed by atoms with Gasteiger partial charge in [0.25, 0.3) is 0 Å². The molecule has 4 heterocycles. The zero-order valence-electron chi connectivity index (χ0n) is 20.6. The van der Waals surface area contributed by atoms with Gasteiger partial charge in [-0.1, -0.05) is 0 Å². The third kappa shape index (κ3) is 5.23. The summed E-state index contributed by atoms with van der Waals surface area (Å²) in [6.07, 6.45) is -1.66. The third-order valence-electron chi connectivity index (χ3n) is 7.00. The molecule has 8 nitrogen and oxygen atoms in total. The van der Waals surface area contributed by atoms with Crippen LogP contribution in [0.5, 0.6) is 0 Å². The Kier molecular flexibility index (Phi) is 6.08. The Balaban J connectivity index is 1.27. The topological polar surface area (TPSA) is 78.9 Å². The maximum Gasteiger partial charge on any atom is 0.410 e. The van der Waals surface area contributed by atoms with E-state index in [1.165, 1.54) is 12.4 Å². The number of hydrogen-bond acceptors (Lipinski definition) is 7. The van der Waals surface area contributed by atoms with Gasteiger partial charge in [-0.05, 0) is 51.5 Å². The van der Waals surface area contributed by atoms with Crippen LogP contribution in [-0.4, -0.2) is 82.3 Å². The van der Waals surface area contributed by atoms with Crippen LogP contribution in [0, 0.1) is 5.41 Å². The number of likely N-dealkylation sites (tertiary alicyclic amines) is 1. The largest absolute Gasteiger partial charge is 0.444 e. The quantitative estimate of drug-likeness (QED) is 0.597. The SMILES string of the molecule is CC(C)(C)OC(=O)N1CC2(CC2)C[C@@H]1C(=O)N1CCN(c2ncnc3sc(CC(F)(F)F)cc23)CC1. The van der Waals surface area contributed by atoms with E-state index in [1.807, 2.05) is 25.7 Å². The number of carbonyl (C=O) groups is 2. The lowest BCUT2D eigenvalue weighted by Gasteiger charge is -2.38. The van der Waals surface area contributed by atoms with E-state index < -0.39 is 30.3 Å². The van der Waals surface area contributed by atoms with Gasteiger partial charge in [0, 0.05) is 37.6 Å². The Morgan fingerprint density at radius 1 is 1.14 bits per heavy atom. The average Bonchev–Trinajstić information content (AvgIpc) is 3.23. The van der Waals surface area contributed by atoms with Crippen molar-refractivity contribution in [3.05, 3.63) is 17.3 Å². The zero-order chi connectivity index (χ0) is 25.9. The van der Waals surface area contributed by atoms with Crippen LogP contribution in [0.2, 0.25) is 0 Å². The molecule has 1 spiro atoms. The molecular weight excluding hydrogens is 495 g/mol. The first kappa shape index (κ1) is 25.0. The molecule has 1 aliphatic carbocycles. The van der Waals surface area contributed by atoms with Gasteiger partial charge in [0.15, 0.2) is 0 Å². The number of halogens is 3. The van der Waals surface area contributed by atoms with Crippen LogP contribution in [0.15, 0.2) is 12.4 Å². The van der Waals surface area contributed by atoms with Crippen molar-refractivity contribution in [1.82, 2.24) is 19.8 Å². The summed E-state index contributed by atoms with van der Waals surface area (Å²) in [5, 5.41) is 0.601. The van der Waals surface area contributed by atoms with Crippen LogP contribution in [0.3, 0.4) is 0 Å². The molecule has 2 aromatic rings. The smallest absolute Gasteiger partial charge is 0.410 e. The van der Waals surface area contributed by atoms with E-state index in [0.29, 0.717) is 55.2 Å². The van der Waals surface area contributed by atoms with Gasteiger partial charge >= 0.3 is 12.3 Å². The Hall–Kier alpha value is -2.63. The summed E-state index contributed by atoms with van der Waals surface area (Å²) in [6, 6.07) is 0.994. The molecule has 0 bridgehead atoms. The summed E-state index contributed by atoms with van der Waals surface area (Å²) >= 11 is 1.03. The first-order valence-electron chi connectivity index (χ1n) is 12.2. The van der Waals surface area contributed by atoms with Crippen LogP contribution < -0.4 is 4.90 Å². The molecule has 1 atom stereocenters. The van der Waals surface area contributed by atoms with Crippen molar-refractivity contribution in [3.63, 3.8) is 0 Å². The van der Waals surface area contributed by atoms with Gasteiger partial charge in [0.1, 0.15) is 28.6 Å².